The molecule has 1 unspecified atom stereocenters. The van der Waals surface area contributed by atoms with E-state index in [-0.39, 0.29) is 33.3 Å². The Morgan fingerprint density at radius 1 is 0.949 bits per heavy atom. The summed E-state index contributed by atoms with van der Waals surface area (Å²) in [4.78, 5) is 29.7. The highest BCUT2D eigenvalue weighted by molar-refractivity contribution is 6.51. The molecular weight excluding hydrogens is 537 g/mol. The van der Waals surface area contributed by atoms with Crippen LogP contribution in [0.25, 0.3) is 5.76 Å². The maximum atomic E-state index is 13.4. The third-order valence-electron chi connectivity index (χ3n) is 6.37. The molecule has 1 fully saturated rings. The van der Waals surface area contributed by atoms with E-state index in [1.165, 1.54) is 26.4 Å². The van der Waals surface area contributed by atoms with Gasteiger partial charge < -0.3 is 19.5 Å². The van der Waals surface area contributed by atoms with Gasteiger partial charge >= 0.3 is 6.18 Å². The van der Waals surface area contributed by atoms with Crippen molar-refractivity contribution in [1.29, 1.82) is 0 Å². The topological polar surface area (TPSA) is 79.3 Å². The molecule has 0 radical (unpaired) electrons. The number of aliphatic hydroxyl groups excluding tert-OH is 1. The Morgan fingerprint density at radius 2 is 1.54 bits per heavy atom. The van der Waals surface area contributed by atoms with Crippen molar-refractivity contribution >= 4 is 40.4 Å². The minimum absolute atomic E-state index is 0.0311. The largest absolute Gasteiger partial charge is 0.507 e. The van der Waals surface area contributed by atoms with Crippen LogP contribution in [0.4, 0.5) is 24.5 Å². The summed E-state index contributed by atoms with van der Waals surface area (Å²) in [5, 5.41) is 11.6. The number of carbonyl (C=O) groups excluding carboxylic acids is 2. The maximum absolute atomic E-state index is 13.4. The van der Waals surface area contributed by atoms with E-state index in [4.69, 9.17) is 21.1 Å². The fraction of sp³-hybridized carbons (Fsp3) is 0.214. The van der Waals surface area contributed by atoms with Gasteiger partial charge in [0.25, 0.3) is 11.7 Å². The first-order valence-electron chi connectivity index (χ1n) is 11.6. The number of benzene rings is 3. The number of hydrogen-bond donors (Lipinski definition) is 1. The van der Waals surface area contributed by atoms with E-state index >= 15 is 0 Å². The van der Waals surface area contributed by atoms with Crippen LogP contribution in [0.15, 0.2) is 66.2 Å². The van der Waals surface area contributed by atoms with E-state index in [0.717, 1.165) is 34.9 Å². The standard InChI is InChI=1S/C28H24ClF3N2O5/c1-33(2)17-9-5-15(6-10-17)24-23(25(35)19-13-20(29)22(39-4)14-21(19)38-3)26(36)27(37)34(24)18-11-7-16(8-12-18)28(30,31)32/h5-14,24,35H,1-4H3/b25-23+. The smallest absolute Gasteiger partial charge is 0.416 e. The van der Waals surface area contributed by atoms with Crippen LogP contribution in [0.3, 0.4) is 0 Å². The highest BCUT2D eigenvalue weighted by Crippen LogP contribution is 2.45. The second-order valence-corrected chi connectivity index (χ2v) is 9.29. The number of ketones is 1. The third-order valence-corrected chi connectivity index (χ3v) is 6.67. The van der Waals surface area contributed by atoms with E-state index in [1.54, 1.807) is 24.3 Å². The molecule has 3 aromatic carbocycles. The Kier molecular flexibility index (Phi) is 7.52. The van der Waals surface area contributed by atoms with Gasteiger partial charge in [0.2, 0.25) is 0 Å². The fourth-order valence-electron chi connectivity index (χ4n) is 4.37. The monoisotopic (exact) mass is 560 g/mol. The van der Waals surface area contributed by atoms with Gasteiger partial charge in [0.1, 0.15) is 17.3 Å². The van der Waals surface area contributed by atoms with Crippen LogP contribution in [0.2, 0.25) is 5.02 Å². The summed E-state index contributed by atoms with van der Waals surface area (Å²) in [5.41, 5.74) is 0.159. The van der Waals surface area contributed by atoms with Crippen molar-refractivity contribution in [2.75, 3.05) is 38.1 Å². The molecule has 204 valence electrons. The lowest BCUT2D eigenvalue weighted by molar-refractivity contribution is -0.137. The molecule has 1 N–H and O–H groups in total. The zero-order chi connectivity index (χ0) is 28.6. The summed E-state index contributed by atoms with van der Waals surface area (Å²) >= 11 is 6.28. The molecule has 1 heterocycles. The molecular formula is C28H24ClF3N2O5. The lowest BCUT2D eigenvalue weighted by Crippen LogP contribution is -2.29. The number of rotatable bonds is 6. The van der Waals surface area contributed by atoms with Crippen LogP contribution in [0.1, 0.15) is 22.7 Å². The predicted octanol–water partition coefficient (Wildman–Crippen LogP) is 6.07. The summed E-state index contributed by atoms with van der Waals surface area (Å²) in [6, 6.07) is 12.3. The number of amides is 1. The number of ether oxygens (including phenoxy) is 2. The quantitative estimate of drug-likeness (QED) is 0.224. The number of alkyl halides is 3. The SMILES string of the molecule is COc1cc(OC)c(/C(O)=C2\C(=O)C(=O)N(c3ccc(C(F)(F)F)cc3)C2c2ccc(N(C)C)cc2)cc1Cl. The average molecular weight is 561 g/mol. The number of aliphatic hydroxyl groups is 1. The van der Waals surface area contributed by atoms with Crippen LogP contribution in [-0.4, -0.2) is 45.1 Å². The minimum Gasteiger partial charge on any atom is -0.507 e. The van der Waals surface area contributed by atoms with Gasteiger partial charge in [-0.25, -0.2) is 0 Å². The molecule has 0 aromatic heterocycles. The van der Waals surface area contributed by atoms with E-state index in [0.29, 0.717) is 5.56 Å². The molecule has 39 heavy (non-hydrogen) atoms. The molecule has 1 atom stereocenters. The van der Waals surface area contributed by atoms with Gasteiger partial charge in [-0.05, 0) is 48.0 Å². The van der Waals surface area contributed by atoms with Gasteiger partial charge in [-0.2, -0.15) is 13.2 Å². The van der Waals surface area contributed by atoms with Crippen molar-refractivity contribution in [2.45, 2.75) is 12.2 Å². The first-order valence-corrected chi connectivity index (χ1v) is 11.9. The summed E-state index contributed by atoms with van der Waals surface area (Å²) < 4.78 is 50.1. The average Bonchev–Trinajstić information content (AvgIpc) is 3.17. The number of methoxy groups -OCH3 is 2. The van der Waals surface area contributed by atoms with E-state index in [9.17, 15) is 27.9 Å². The minimum atomic E-state index is -4.59. The molecule has 0 aliphatic carbocycles. The second-order valence-electron chi connectivity index (χ2n) is 8.89. The highest BCUT2D eigenvalue weighted by atomic mass is 35.5. The first kappa shape index (κ1) is 27.8. The summed E-state index contributed by atoms with van der Waals surface area (Å²) in [6.07, 6.45) is -4.59. The zero-order valence-electron chi connectivity index (χ0n) is 21.3. The van der Waals surface area contributed by atoms with Crippen LogP contribution in [0, 0.1) is 0 Å². The van der Waals surface area contributed by atoms with Gasteiger partial charge in [-0.1, -0.05) is 23.7 Å². The first-order chi connectivity index (χ1) is 18.4. The summed E-state index contributed by atoms with van der Waals surface area (Å²) in [7, 11) is 6.41. The Labute approximate surface area is 227 Å². The number of Topliss-reactive ketones (excluding diaryl/α,β-unsaturated/α-hetero) is 1. The van der Waals surface area contributed by atoms with Crippen molar-refractivity contribution in [1.82, 2.24) is 0 Å². The van der Waals surface area contributed by atoms with Crippen molar-refractivity contribution < 1.29 is 37.3 Å². The lowest BCUT2D eigenvalue weighted by Gasteiger charge is -2.26. The van der Waals surface area contributed by atoms with Crippen LogP contribution in [0.5, 0.6) is 11.5 Å². The van der Waals surface area contributed by atoms with Crippen molar-refractivity contribution in [3.63, 3.8) is 0 Å². The van der Waals surface area contributed by atoms with Crippen LogP contribution < -0.4 is 19.3 Å². The number of nitrogens with zero attached hydrogens (tertiary/aromatic N) is 2. The third kappa shape index (κ3) is 5.12. The molecule has 1 aliphatic heterocycles. The van der Waals surface area contributed by atoms with Crippen molar-refractivity contribution in [3.05, 3.63) is 87.9 Å². The Balaban J connectivity index is 1.95. The molecule has 0 saturated carbocycles. The maximum Gasteiger partial charge on any atom is 0.416 e. The van der Waals surface area contributed by atoms with Gasteiger partial charge in [0, 0.05) is 31.5 Å². The predicted molar refractivity (Wildman–Crippen MR) is 142 cm³/mol. The zero-order valence-corrected chi connectivity index (χ0v) is 22.1. The number of hydrogen-bond acceptors (Lipinski definition) is 6. The lowest BCUT2D eigenvalue weighted by atomic mass is 9.94. The number of halogens is 4. The molecule has 1 amide bonds. The van der Waals surface area contributed by atoms with Gasteiger partial charge in [-0.3, -0.25) is 14.5 Å². The Morgan fingerprint density at radius 3 is 2.05 bits per heavy atom. The number of anilines is 2. The second kappa shape index (κ2) is 10.5. The molecule has 3 aromatic rings. The Bertz CT molecular complexity index is 1450. The van der Waals surface area contributed by atoms with Crippen LogP contribution >= 0.6 is 11.6 Å². The molecule has 1 saturated heterocycles. The molecule has 11 heteroatoms. The van der Waals surface area contributed by atoms with Crippen molar-refractivity contribution in [2.24, 2.45) is 0 Å². The molecule has 0 spiro atoms. The molecule has 0 bridgehead atoms. The van der Waals surface area contributed by atoms with E-state index in [2.05, 4.69) is 0 Å². The molecule has 7 nitrogen and oxygen atoms in total. The summed E-state index contributed by atoms with van der Waals surface area (Å²) in [6.45, 7) is 0. The molecule has 4 rings (SSSR count). The normalized spacial score (nSPS) is 16.9. The van der Waals surface area contributed by atoms with Crippen molar-refractivity contribution in [3.8, 4) is 11.5 Å². The van der Waals surface area contributed by atoms with E-state index < -0.39 is 35.2 Å². The highest BCUT2D eigenvalue weighted by Gasteiger charge is 2.47. The van der Waals surface area contributed by atoms with Gasteiger partial charge in [-0.15, -0.1) is 0 Å². The van der Waals surface area contributed by atoms with E-state index in [1.807, 2.05) is 19.0 Å². The number of carbonyl (C=O) groups is 2. The molecule has 1 aliphatic rings. The van der Waals surface area contributed by atoms with Gasteiger partial charge in [0.15, 0.2) is 0 Å². The Hall–Kier alpha value is -4.18. The summed E-state index contributed by atoms with van der Waals surface area (Å²) in [5.74, 6) is -2.23. The fourth-order valence-corrected chi connectivity index (χ4v) is 4.61. The van der Waals surface area contributed by atoms with Crippen LogP contribution in [-0.2, 0) is 15.8 Å². The van der Waals surface area contributed by atoms with Gasteiger partial charge in [0.05, 0.1) is 42.0 Å².